The third-order valence-corrected chi connectivity index (χ3v) is 4.26. The summed E-state index contributed by atoms with van der Waals surface area (Å²) >= 11 is 4.52. The van der Waals surface area contributed by atoms with Gasteiger partial charge >= 0.3 is 0 Å². The van der Waals surface area contributed by atoms with Crippen LogP contribution in [0.3, 0.4) is 0 Å². The molecule has 0 saturated heterocycles. The lowest BCUT2D eigenvalue weighted by atomic mass is 10.2. The summed E-state index contributed by atoms with van der Waals surface area (Å²) < 4.78 is 0.671. The van der Waals surface area contributed by atoms with E-state index in [9.17, 15) is 14.9 Å². The van der Waals surface area contributed by atoms with Gasteiger partial charge in [0.05, 0.1) is 4.92 Å². The third kappa shape index (κ3) is 2.99. The molecule has 0 fully saturated rings. The van der Waals surface area contributed by atoms with Crippen LogP contribution in [0.25, 0.3) is 0 Å². The second-order valence-electron chi connectivity index (χ2n) is 3.83. The second kappa shape index (κ2) is 5.50. The minimum atomic E-state index is -0.508. The zero-order chi connectivity index (χ0) is 14.0. The molecule has 7 heteroatoms. The van der Waals surface area contributed by atoms with Crippen LogP contribution >= 0.6 is 27.3 Å². The maximum Gasteiger partial charge on any atom is 0.293 e. The lowest BCUT2D eigenvalue weighted by molar-refractivity contribution is -0.384. The summed E-state index contributed by atoms with van der Waals surface area (Å²) in [5, 5.41) is 15.3. The first-order chi connectivity index (χ1) is 8.99. The van der Waals surface area contributed by atoms with E-state index in [1.807, 2.05) is 0 Å². The summed E-state index contributed by atoms with van der Waals surface area (Å²) in [5.74, 6) is -0.367. The summed E-state index contributed by atoms with van der Waals surface area (Å²) in [7, 11) is 0. The number of carbonyl (C=O) groups is 1. The second-order valence-corrected chi connectivity index (χ2v) is 5.60. The number of hydrogen-bond acceptors (Lipinski definition) is 4. The summed E-state index contributed by atoms with van der Waals surface area (Å²) in [4.78, 5) is 22.9. The maximum absolute atomic E-state index is 12.0. The SMILES string of the molecule is Cc1ccc(NC(=O)c2sccc2Br)c([N+](=O)[O-])c1. The molecule has 5 nitrogen and oxygen atoms in total. The minimum Gasteiger partial charge on any atom is -0.315 e. The molecule has 0 bridgehead atoms. The Morgan fingerprint density at radius 2 is 2.16 bits per heavy atom. The smallest absolute Gasteiger partial charge is 0.293 e. The Bertz CT molecular complexity index is 654. The molecule has 1 heterocycles. The van der Waals surface area contributed by atoms with E-state index in [0.29, 0.717) is 9.35 Å². The number of thiophene rings is 1. The average molecular weight is 341 g/mol. The molecule has 1 amide bonds. The van der Waals surface area contributed by atoms with Gasteiger partial charge in [-0.25, -0.2) is 0 Å². The third-order valence-electron chi connectivity index (χ3n) is 2.42. The van der Waals surface area contributed by atoms with Crippen molar-refractivity contribution in [3.8, 4) is 0 Å². The lowest BCUT2D eigenvalue weighted by Crippen LogP contribution is -2.12. The number of nitrogens with one attached hydrogen (secondary N) is 1. The number of hydrogen-bond donors (Lipinski definition) is 1. The van der Waals surface area contributed by atoms with Crippen LogP contribution in [0.2, 0.25) is 0 Å². The van der Waals surface area contributed by atoms with Crippen molar-refractivity contribution in [1.82, 2.24) is 0 Å². The highest BCUT2D eigenvalue weighted by molar-refractivity contribution is 9.10. The van der Waals surface area contributed by atoms with E-state index in [2.05, 4.69) is 21.2 Å². The molecule has 0 aliphatic rings. The van der Waals surface area contributed by atoms with Crippen molar-refractivity contribution in [2.45, 2.75) is 6.92 Å². The Balaban J connectivity index is 2.32. The average Bonchev–Trinajstić information content (AvgIpc) is 2.77. The van der Waals surface area contributed by atoms with Crippen molar-refractivity contribution in [3.05, 3.63) is 54.7 Å². The number of nitro groups is 1. The number of anilines is 1. The van der Waals surface area contributed by atoms with E-state index in [0.717, 1.165) is 5.56 Å². The zero-order valence-corrected chi connectivity index (χ0v) is 12.2. The van der Waals surface area contributed by atoms with Crippen molar-refractivity contribution in [2.75, 3.05) is 5.32 Å². The van der Waals surface area contributed by atoms with E-state index in [-0.39, 0.29) is 17.3 Å². The van der Waals surface area contributed by atoms with Gasteiger partial charge in [-0.2, -0.15) is 0 Å². The van der Waals surface area contributed by atoms with Gasteiger partial charge in [0.2, 0.25) is 0 Å². The number of rotatable bonds is 3. The molecule has 19 heavy (non-hydrogen) atoms. The molecule has 2 aromatic rings. The molecular formula is C12H9BrN2O3S. The quantitative estimate of drug-likeness (QED) is 0.678. The fourth-order valence-electron chi connectivity index (χ4n) is 1.53. The molecule has 1 aromatic heterocycles. The van der Waals surface area contributed by atoms with Gasteiger partial charge < -0.3 is 5.32 Å². The number of halogens is 1. The van der Waals surface area contributed by atoms with Crippen LogP contribution in [-0.2, 0) is 0 Å². The Morgan fingerprint density at radius 1 is 1.42 bits per heavy atom. The van der Waals surface area contributed by atoms with Crippen LogP contribution < -0.4 is 5.32 Å². The number of aryl methyl sites for hydroxylation is 1. The number of nitrogens with zero attached hydrogens (tertiary/aromatic N) is 1. The van der Waals surface area contributed by atoms with Crippen molar-refractivity contribution >= 4 is 44.5 Å². The lowest BCUT2D eigenvalue weighted by Gasteiger charge is -2.05. The van der Waals surface area contributed by atoms with Gasteiger partial charge in [0.1, 0.15) is 10.6 Å². The molecule has 0 spiro atoms. The Kier molecular flexibility index (Phi) is 3.96. The minimum absolute atomic E-state index is 0.110. The Labute approximate surface area is 121 Å². The number of amides is 1. The van der Waals surface area contributed by atoms with Gasteiger partial charge in [0, 0.05) is 10.5 Å². The van der Waals surface area contributed by atoms with E-state index in [4.69, 9.17) is 0 Å². The standard InChI is InChI=1S/C12H9BrN2O3S/c1-7-2-3-9(10(6-7)15(17)18)14-12(16)11-8(13)4-5-19-11/h2-6H,1H3,(H,14,16). The Hall–Kier alpha value is -1.73. The van der Waals surface area contributed by atoms with Crippen LogP contribution in [0.15, 0.2) is 34.1 Å². The van der Waals surface area contributed by atoms with Gasteiger partial charge in [-0.15, -0.1) is 11.3 Å². The molecule has 0 unspecified atom stereocenters. The summed E-state index contributed by atoms with van der Waals surface area (Å²) in [6.07, 6.45) is 0. The van der Waals surface area contributed by atoms with Gasteiger partial charge in [-0.05, 0) is 45.9 Å². The van der Waals surface area contributed by atoms with Crippen molar-refractivity contribution in [3.63, 3.8) is 0 Å². The Morgan fingerprint density at radius 3 is 2.74 bits per heavy atom. The van der Waals surface area contributed by atoms with Crippen LogP contribution in [0, 0.1) is 17.0 Å². The van der Waals surface area contributed by atoms with E-state index in [1.54, 1.807) is 24.4 Å². The zero-order valence-electron chi connectivity index (χ0n) is 9.84. The molecule has 1 aromatic carbocycles. The molecule has 0 atom stereocenters. The predicted molar refractivity (Wildman–Crippen MR) is 77.8 cm³/mol. The van der Waals surface area contributed by atoms with Gasteiger partial charge in [0.15, 0.2) is 0 Å². The molecular weight excluding hydrogens is 332 g/mol. The van der Waals surface area contributed by atoms with Crippen LogP contribution in [0.5, 0.6) is 0 Å². The van der Waals surface area contributed by atoms with Crippen LogP contribution in [-0.4, -0.2) is 10.8 Å². The monoisotopic (exact) mass is 340 g/mol. The first kappa shape index (κ1) is 13.7. The normalized spacial score (nSPS) is 10.2. The summed E-state index contributed by atoms with van der Waals surface area (Å²) in [6.45, 7) is 1.76. The van der Waals surface area contributed by atoms with Crippen molar-refractivity contribution in [1.29, 1.82) is 0 Å². The predicted octanol–water partition coefficient (Wildman–Crippen LogP) is 3.98. The first-order valence-electron chi connectivity index (χ1n) is 5.28. The number of benzene rings is 1. The van der Waals surface area contributed by atoms with E-state index in [1.165, 1.54) is 23.5 Å². The highest BCUT2D eigenvalue weighted by atomic mass is 79.9. The van der Waals surface area contributed by atoms with E-state index >= 15 is 0 Å². The van der Waals surface area contributed by atoms with Crippen molar-refractivity contribution in [2.24, 2.45) is 0 Å². The molecule has 0 saturated carbocycles. The molecule has 0 radical (unpaired) electrons. The number of carbonyl (C=O) groups excluding carboxylic acids is 1. The summed E-state index contributed by atoms with van der Waals surface area (Å²) in [6, 6.07) is 6.43. The maximum atomic E-state index is 12.0. The molecule has 2 rings (SSSR count). The molecule has 98 valence electrons. The highest BCUT2D eigenvalue weighted by Gasteiger charge is 2.18. The van der Waals surface area contributed by atoms with Gasteiger partial charge in [-0.3, -0.25) is 14.9 Å². The molecule has 0 aliphatic heterocycles. The summed E-state index contributed by atoms with van der Waals surface area (Å²) in [5.41, 5.74) is 0.851. The van der Waals surface area contributed by atoms with Crippen LogP contribution in [0.1, 0.15) is 15.2 Å². The van der Waals surface area contributed by atoms with Crippen molar-refractivity contribution < 1.29 is 9.72 Å². The topological polar surface area (TPSA) is 72.2 Å². The molecule has 1 N–H and O–H groups in total. The fourth-order valence-corrected chi connectivity index (χ4v) is 2.98. The van der Waals surface area contributed by atoms with Gasteiger partial charge in [0.25, 0.3) is 11.6 Å². The highest BCUT2D eigenvalue weighted by Crippen LogP contribution is 2.28. The first-order valence-corrected chi connectivity index (χ1v) is 6.95. The largest absolute Gasteiger partial charge is 0.315 e. The van der Waals surface area contributed by atoms with Crippen LogP contribution in [0.4, 0.5) is 11.4 Å². The molecule has 0 aliphatic carbocycles. The fraction of sp³-hybridized carbons (Fsp3) is 0.0833. The van der Waals surface area contributed by atoms with E-state index < -0.39 is 4.92 Å². The number of nitro benzene ring substituents is 1. The van der Waals surface area contributed by atoms with Gasteiger partial charge in [-0.1, -0.05) is 6.07 Å².